The lowest BCUT2D eigenvalue weighted by Crippen LogP contribution is -2.04. The molecule has 31 heavy (non-hydrogen) atoms. The predicted molar refractivity (Wildman–Crippen MR) is 122 cm³/mol. The van der Waals surface area contributed by atoms with Crippen LogP contribution in [0.25, 0.3) is 32.9 Å². The molecule has 4 aromatic rings. The molecule has 0 aliphatic heterocycles. The minimum atomic E-state index is -0.755. The van der Waals surface area contributed by atoms with Crippen molar-refractivity contribution >= 4 is 34.2 Å². The van der Waals surface area contributed by atoms with Crippen molar-refractivity contribution in [2.45, 2.75) is 25.7 Å². The van der Waals surface area contributed by atoms with Gasteiger partial charge in [0.25, 0.3) is 0 Å². The quantitative estimate of drug-likeness (QED) is 0.308. The molecule has 8 heteroatoms. The summed E-state index contributed by atoms with van der Waals surface area (Å²) in [4.78, 5) is 20.5. The van der Waals surface area contributed by atoms with Crippen LogP contribution in [0.4, 0.5) is 5.82 Å². The smallest absolute Gasteiger partial charge is 0.303 e. The first kappa shape index (κ1) is 20.9. The van der Waals surface area contributed by atoms with E-state index in [4.69, 9.17) is 14.3 Å². The van der Waals surface area contributed by atoms with E-state index in [2.05, 4.69) is 15.3 Å². The van der Waals surface area contributed by atoms with Crippen LogP contribution >= 0.6 is 11.3 Å². The average Bonchev–Trinajstić information content (AvgIpc) is 3.44. The maximum absolute atomic E-state index is 10.7. The number of carboxylic acid groups (broad SMARTS) is 1. The number of unbranched alkanes of at least 4 members (excludes halogenated alkanes) is 2. The predicted octanol–water partition coefficient (Wildman–Crippen LogP) is 5.68. The number of ether oxygens (including phenoxy) is 1. The first-order valence-corrected chi connectivity index (χ1v) is 11.0. The summed E-state index contributed by atoms with van der Waals surface area (Å²) in [6, 6.07) is 11.9. The third-order valence-electron chi connectivity index (χ3n) is 4.97. The molecule has 0 unspecified atom stereocenters. The molecule has 1 aromatic carbocycles. The van der Waals surface area contributed by atoms with Crippen molar-refractivity contribution in [2.24, 2.45) is 0 Å². The third-order valence-corrected chi connectivity index (χ3v) is 5.84. The number of rotatable bonds is 10. The Bertz CT molecular complexity index is 1150. The molecular weight excluding hydrogens is 414 g/mol. The zero-order chi connectivity index (χ0) is 21.6. The van der Waals surface area contributed by atoms with Gasteiger partial charge in [0, 0.05) is 18.5 Å². The summed E-state index contributed by atoms with van der Waals surface area (Å²) in [5, 5.41) is 15.0. The van der Waals surface area contributed by atoms with Gasteiger partial charge in [-0.25, -0.2) is 9.97 Å². The molecule has 0 amide bonds. The molecule has 0 aliphatic rings. The van der Waals surface area contributed by atoms with Gasteiger partial charge in [0.15, 0.2) is 5.76 Å². The lowest BCUT2D eigenvalue weighted by atomic mass is 10.0. The Kier molecular flexibility index (Phi) is 6.47. The first-order chi connectivity index (χ1) is 15.2. The van der Waals surface area contributed by atoms with Crippen molar-refractivity contribution < 1.29 is 19.1 Å². The van der Waals surface area contributed by atoms with Crippen LogP contribution in [-0.2, 0) is 4.79 Å². The highest BCUT2D eigenvalue weighted by Crippen LogP contribution is 2.44. The van der Waals surface area contributed by atoms with E-state index in [-0.39, 0.29) is 6.42 Å². The zero-order valence-corrected chi connectivity index (χ0v) is 17.9. The van der Waals surface area contributed by atoms with Gasteiger partial charge in [-0.15, -0.1) is 11.3 Å². The number of aliphatic carboxylic acids is 1. The van der Waals surface area contributed by atoms with E-state index in [0.717, 1.165) is 45.7 Å². The van der Waals surface area contributed by atoms with Gasteiger partial charge in [0.2, 0.25) is 5.71 Å². The Labute approximate surface area is 183 Å². The third kappa shape index (κ3) is 4.69. The zero-order valence-electron chi connectivity index (χ0n) is 17.1. The van der Waals surface area contributed by atoms with Crippen LogP contribution in [0.2, 0.25) is 0 Å². The van der Waals surface area contributed by atoms with E-state index in [9.17, 15) is 4.79 Å². The highest BCUT2D eigenvalue weighted by molar-refractivity contribution is 7.13. The Morgan fingerprint density at radius 1 is 1.16 bits per heavy atom. The number of carbonyl (C=O) groups is 1. The minimum absolute atomic E-state index is 0.200. The number of hydrogen-bond donors (Lipinski definition) is 2. The molecule has 0 atom stereocenters. The van der Waals surface area contributed by atoms with Crippen LogP contribution in [0.3, 0.4) is 0 Å². The number of nitrogens with one attached hydrogen (secondary N) is 1. The molecule has 160 valence electrons. The highest BCUT2D eigenvalue weighted by Gasteiger charge is 2.22. The second-order valence-electron chi connectivity index (χ2n) is 7.05. The molecule has 0 saturated heterocycles. The average molecular weight is 438 g/mol. The van der Waals surface area contributed by atoms with E-state index in [0.29, 0.717) is 24.5 Å². The SMILES string of the molecule is COc1ccc(-c2c(-c3cccs3)oc3ncnc(NCCCCCC(=O)O)c23)cc1. The fourth-order valence-corrected chi connectivity index (χ4v) is 4.18. The van der Waals surface area contributed by atoms with Gasteiger partial charge in [-0.3, -0.25) is 4.79 Å². The van der Waals surface area contributed by atoms with Gasteiger partial charge >= 0.3 is 5.97 Å². The number of fused-ring (bicyclic) bond motifs is 1. The van der Waals surface area contributed by atoms with Crippen LogP contribution in [0.1, 0.15) is 25.7 Å². The molecule has 4 rings (SSSR count). The van der Waals surface area contributed by atoms with Crippen molar-refractivity contribution in [3.63, 3.8) is 0 Å². The summed E-state index contributed by atoms with van der Waals surface area (Å²) in [5.74, 6) is 1.50. The lowest BCUT2D eigenvalue weighted by Gasteiger charge is -2.08. The van der Waals surface area contributed by atoms with Gasteiger partial charge in [-0.2, -0.15) is 0 Å². The molecule has 3 heterocycles. The van der Waals surface area contributed by atoms with Crippen molar-refractivity contribution in [3.8, 4) is 27.5 Å². The number of aromatic nitrogens is 2. The van der Waals surface area contributed by atoms with Gasteiger partial charge in [-0.05, 0) is 42.0 Å². The minimum Gasteiger partial charge on any atom is -0.497 e. The number of hydrogen-bond acceptors (Lipinski definition) is 7. The van der Waals surface area contributed by atoms with Crippen molar-refractivity contribution in [2.75, 3.05) is 19.0 Å². The second kappa shape index (κ2) is 9.61. The molecule has 0 aliphatic carbocycles. The molecule has 3 aromatic heterocycles. The van der Waals surface area contributed by atoms with Crippen molar-refractivity contribution in [3.05, 3.63) is 48.1 Å². The van der Waals surface area contributed by atoms with E-state index in [1.165, 1.54) is 6.33 Å². The maximum atomic E-state index is 10.7. The van der Waals surface area contributed by atoms with Crippen molar-refractivity contribution in [1.82, 2.24) is 9.97 Å². The Morgan fingerprint density at radius 2 is 2.00 bits per heavy atom. The molecular formula is C23H23N3O4S. The van der Waals surface area contributed by atoms with Crippen LogP contribution in [0, 0.1) is 0 Å². The van der Waals surface area contributed by atoms with E-state index < -0.39 is 5.97 Å². The topological polar surface area (TPSA) is 97.5 Å². The van der Waals surface area contributed by atoms with E-state index in [1.54, 1.807) is 18.4 Å². The first-order valence-electron chi connectivity index (χ1n) is 10.1. The molecule has 0 spiro atoms. The van der Waals surface area contributed by atoms with Gasteiger partial charge in [-0.1, -0.05) is 24.6 Å². The monoisotopic (exact) mass is 437 g/mol. The molecule has 7 nitrogen and oxygen atoms in total. The molecule has 0 fully saturated rings. The number of nitrogens with zero attached hydrogens (tertiary/aromatic N) is 2. The number of furan rings is 1. The van der Waals surface area contributed by atoms with E-state index >= 15 is 0 Å². The Hall–Kier alpha value is -3.39. The molecule has 0 saturated carbocycles. The van der Waals surface area contributed by atoms with Gasteiger partial charge < -0.3 is 19.6 Å². The largest absolute Gasteiger partial charge is 0.497 e. The second-order valence-corrected chi connectivity index (χ2v) is 7.99. The number of benzene rings is 1. The highest BCUT2D eigenvalue weighted by atomic mass is 32.1. The molecule has 2 N–H and O–H groups in total. The summed E-state index contributed by atoms with van der Waals surface area (Å²) >= 11 is 1.61. The van der Waals surface area contributed by atoms with E-state index in [1.807, 2.05) is 41.8 Å². The molecule has 0 radical (unpaired) electrons. The lowest BCUT2D eigenvalue weighted by molar-refractivity contribution is -0.137. The summed E-state index contributed by atoms with van der Waals surface area (Å²) in [7, 11) is 1.64. The molecule has 0 bridgehead atoms. The summed E-state index contributed by atoms with van der Waals surface area (Å²) in [6.07, 6.45) is 4.05. The number of carboxylic acids is 1. The van der Waals surface area contributed by atoms with Gasteiger partial charge in [0.05, 0.1) is 17.4 Å². The summed E-state index contributed by atoms with van der Waals surface area (Å²) in [5.41, 5.74) is 2.45. The number of methoxy groups -OCH3 is 1. The van der Waals surface area contributed by atoms with Gasteiger partial charge in [0.1, 0.15) is 17.9 Å². The fourth-order valence-electron chi connectivity index (χ4n) is 3.47. The fraction of sp³-hybridized carbons (Fsp3) is 0.261. The summed E-state index contributed by atoms with van der Waals surface area (Å²) in [6.45, 7) is 0.688. The Morgan fingerprint density at radius 3 is 2.71 bits per heavy atom. The number of thiophene rings is 1. The Balaban J connectivity index is 1.68. The maximum Gasteiger partial charge on any atom is 0.303 e. The van der Waals surface area contributed by atoms with Crippen LogP contribution < -0.4 is 10.1 Å². The van der Waals surface area contributed by atoms with Crippen LogP contribution in [-0.4, -0.2) is 34.7 Å². The summed E-state index contributed by atoms with van der Waals surface area (Å²) < 4.78 is 11.5. The van der Waals surface area contributed by atoms with Crippen LogP contribution in [0.15, 0.2) is 52.5 Å². The number of anilines is 1. The van der Waals surface area contributed by atoms with Crippen molar-refractivity contribution in [1.29, 1.82) is 0 Å². The standard InChI is InChI=1S/C23H23N3O4S/c1-29-16-10-8-15(9-11-16)19-20-22(24-12-4-2-3-7-18(27)28)25-14-26-23(20)30-21(19)17-6-5-13-31-17/h5-6,8-11,13-14H,2-4,7,12H2,1H3,(H,27,28)(H,24,25,26). The van der Waals surface area contributed by atoms with Crippen LogP contribution in [0.5, 0.6) is 5.75 Å². The normalized spacial score (nSPS) is 11.0.